The van der Waals surface area contributed by atoms with Gasteiger partial charge in [0.15, 0.2) is 0 Å². The fourth-order valence-electron chi connectivity index (χ4n) is 2.82. The van der Waals surface area contributed by atoms with Crippen LogP contribution in [0.4, 0.5) is 0 Å². The van der Waals surface area contributed by atoms with Crippen molar-refractivity contribution >= 4 is 5.91 Å². The number of carbonyl (C=O) groups is 1. The van der Waals surface area contributed by atoms with Gasteiger partial charge in [0, 0.05) is 25.2 Å². The molecule has 0 aromatic heterocycles. The minimum Gasteiger partial charge on any atom is -0.497 e. The van der Waals surface area contributed by atoms with E-state index in [1.165, 1.54) is 0 Å². The molecule has 1 aliphatic rings. The highest BCUT2D eigenvalue weighted by molar-refractivity contribution is 5.94. The number of benzene rings is 2. The number of carbonyl (C=O) groups excluding carboxylic acids is 1. The molecule has 1 aliphatic heterocycles. The molecule has 0 radical (unpaired) electrons. The summed E-state index contributed by atoms with van der Waals surface area (Å²) in [7, 11) is 1.66. The van der Waals surface area contributed by atoms with Crippen LogP contribution < -0.4 is 10.1 Å². The first-order valence-corrected chi connectivity index (χ1v) is 7.50. The van der Waals surface area contributed by atoms with Crippen LogP contribution in [-0.4, -0.2) is 37.6 Å². The predicted molar refractivity (Wildman–Crippen MR) is 86.1 cm³/mol. The summed E-state index contributed by atoms with van der Waals surface area (Å²) in [4.78, 5) is 14.7. The molecule has 2 aromatic rings. The first-order chi connectivity index (χ1) is 10.8. The van der Waals surface area contributed by atoms with Crippen LogP contribution in [0.25, 0.3) is 0 Å². The number of rotatable bonds is 3. The molecule has 0 unspecified atom stereocenters. The predicted octanol–water partition coefficient (Wildman–Crippen LogP) is 2.48. The van der Waals surface area contributed by atoms with E-state index in [1.54, 1.807) is 7.11 Å². The second-order valence-electron chi connectivity index (χ2n) is 5.36. The largest absolute Gasteiger partial charge is 0.497 e. The Morgan fingerprint density at radius 3 is 2.55 bits per heavy atom. The molecule has 22 heavy (non-hydrogen) atoms. The zero-order valence-electron chi connectivity index (χ0n) is 12.7. The lowest BCUT2D eigenvalue weighted by molar-refractivity contribution is 0.0634. The number of nitrogens with one attached hydrogen (secondary N) is 1. The van der Waals surface area contributed by atoms with Gasteiger partial charge in [-0.15, -0.1) is 0 Å². The van der Waals surface area contributed by atoms with E-state index >= 15 is 0 Å². The molecule has 1 amide bonds. The molecule has 2 aromatic carbocycles. The van der Waals surface area contributed by atoms with Crippen molar-refractivity contribution in [2.45, 2.75) is 6.04 Å². The Morgan fingerprint density at radius 1 is 1.14 bits per heavy atom. The van der Waals surface area contributed by atoms with Gasteiger partial charge >= 0.3 is 0 Å². The van der Waals surface area contributed by atoms with Crippen LogP contribution in [0.15, 0.2) is 54.6 Å². The van der Waals surface area contributed by atoms with Gasteiger partial charge in [-0.05, 0) is 29.8 Å². The van der Waals surface area contributed by atoms with Crippen molar-refractivity contribution in [3.8, 4) is 5.75 Å². The number of nitrogens with zero attached hydrogens (tertiary/aromatic N) is 1. The molecule has 0 saturated carbocycles. The molecule has 1 heterocycles. The maximum absolute atomic E-state index is 12.8. The third-order valence-corrected chi connectivity index (χ3v) is 4.03. The third-order valence-electron chi connectivity index (χ3n) is 4.03. The minimum atomic E-state index is 0.0485. The molecule has 1 fully saturated rings. The summed E-state index contributed by atoms with van der Waals surface area (Å²) in [6.45, 7) is 2.31. The first-order valence-electron chi connectivity index (χ1n) is 7.50. The Morgan fingerprint density at radius 2 is 1.86 bits per heavy atom. The highest BCUT2D eigenvalue weighted by Crippen LogP contribution is 2.25. The average molecular weight is 296 g/mol. The fourth-order valence-corrected chi connectivity index (χ4v) is 2.82. The Kier molecular flexibility index (Phi) is 4.39. The van der Waals surface area contributed by atoms with Crippen LogP contribution in [0, 0.1) is 0 Å². The zero-order chi connectivity index (χ0) is 15.4. The van der Waals surface area contributed by atoms with Gasteiger partial charge in [0.05, 0.1) is 13.2 Å². The van der Waals surface area contributed by atoms with E-state index in [0.717, 1.165) is 30.0 Å². The normalized spacial score (nSPS) is 18.0. The molecule has 0 aliphatic carbocycles. The molecule has 3 rings (SSSR count). The lowest BCUT2D eigenvalue weighted by atomic mass is 10.0. The van der Waals surface area contributed by atoms with Crippen LogP contribution >= 0.6 is 0 Å². The van der Waals surface area contributed by atoms with Crippen LogP contribution in [0.3, 0.4) is 0 Å². The maximum atomic E-state index is 12.8. The molecule has 114 valence electrons. The van der Waals surface area contributed by atoms with Gasteiger partial charge in [0.1, 0.15) is 5.75 Å². The van der Waals surface area contributed by atoms with Crippen molar-refractivity contribution in [1.29, 1.82) is 0 Å². The molecule has 1 saturated heterocycles. The summed E-state index contributed by atoms with van der Waals surface area (Å²) in [6, 6.07) is 17.5. The minimum absolute atomic E-state index is 0.0485. The van der Waals surface area contributed by atoms with Crippen LogP contribution in [-0.2, 0) is 0 Å². The number of piperazine rings is 1. The summed E-state index contributed by atoms with van der Waals surface area (Å²) in [5.41, 5.74) is 1.86. The van der Waals surface area contributed by atoms with E-state index in [9.17, 15) is 4.79 Å². The van der Waals surface area contributed by atoms with Gasteiger partial charge in [0.25, 0.3) is 5.91 Å². The number of hydrogen-bond donors (Lipinski definition) is 1. The Bertz CT molecular complexity index is 625. The van der Waals surface area contributed by atoms with E-state index in [1.807, 2.05) is 59.5 Å². The smallest absolute Gasteiger partial charge is 0.254 e. The number of hydrogen-bond acceptors (Lipinski definition) is 3. The molecule has 4 nitrogen and oxygen atoms in total. The zero-order valence-corrected chi connectivity index (χ0v) is 12.7. The summed E-state index contributed by atoms with van der Waals surface area (Å²) < 4.78 is 5.20. The van der Waals surface area contributed by atoms with Crippen molar-refractivity contribution in [3.05, 3.63) is 65.7 Å². The summed E-state index contributed by atoms with van der Waals surface area (Å²) in [5.74, 6) is 0.913. The molecule has 1 N–H and O–H groups in total. The molecule has 1 atom stereocenters. The van der Waals surface area contributed by atoms with Crippen molar-refractivity contribution in [2.24, 2.45) is 0 Å². The molecule has 0 spiro atoms. The van der Waals surface area contributed by atoms with Crippen LogP contribution in [0.1, 0.15) is 22.0 Å². The van der Waals surface area contributed by atoms with Gasteiger partial charge in [-0.3, -0.25) is 4.79 Å². The number of amides is 1. The Balaban J connectivity index is 1.86. The highest BCUT2D eigenvalue weighted by atomic mass is 16.5. The third kappa shape index (κ3) is 2.97. The van der Waals surface area contributed by atoms with E-state index in [2.05, 4.69) is 5.32 Å². The van der Waals surface area contributed by atoms with Gasteiger partial charge < -0.3 is 15.0 Å². The SMILES string of the molecule is COc1ccc([C@@H]2CNCCN2C(=O)c2ccccc2)cc1. The van der Waals surface area contributed by atoms with Crippen molar-refractivity contribution in [3.63, 3.8) is 0 Å². The molecule has 4 heteroatoms. The number of methoxy groups -OCH3 is 1. The van der Waals surface area contributed by atoms with Gasteiger partial charge in [-0.2, -0.15) is 0 Å². The van der Waals surface area contributed by atoms with E-state index in [0.29, 0.717) is 6.54 Å². The standard InChI is InChI=1S/C18H20N2O2/c1-22-16-9-7-14(8-10-16)17-13-19-11-12-20(17)18(21)15-5-3-2-4-6-15/h2-10,17,19H,11-13H2,1H3/t17-/m0/s1. The highest BCUT2D eigenvalue weighted by Gasteiger charge is 2.28. The lowest BCUT2D eigenvalue weighted by Gasteiger charge is -2.36. The Labute approximate surface area is 130 Å². The van der Waals surface area contributed by atoms with Crippen molar-refractivity contribution < 1.29 is 9.53 Å². The Hall–Kier alpha value is -2.33. The maximum Gasteiger partial charge on any atom is 0.254 e. The number of ether oxygens (including phenoxy) is 1. The first kappa shape index (κ1) is 14.6. The average Bonchev–Trinajstić information content (AvgIpc) is 2.62. The van der Waals surface area contributed by atoms with E-state index in [4.69, 9.17) is 4.74 Å². The second-order valence-corrected chi connectivity index (χ2v) is 5.36. The van der Waals surface area contributed by atoms with E-state index < -0.39 is 0 Å². The van der Waals surface area contributed by atoms with Gasteiger partial charge in [-0.1, -0.05) is 30.3 Å². The summed E-state index contributed by atoms with van der Waals surface area (Å²) in [6.07, 6.45) is 0. The molecular weight excluding hydrogens is 276 g/mol. The fraction of sp³-hybridized carbons (Fsp3) is 0.278. The van der Waals surface area contributed by atoms with Crippen molar-refractivity contribution in [2.75, 3.05) is 26.7 Å². The topological polar surface area (TPSA) is 41.6 Å². The summed E-state index contributed by atoms with van der Waals surface area (Å²) >= 11 is 0. The van der Waals surface area contributed by atoms with Gasteiger partial charge in [-0.25, -0.2) is 0 Å². The van der Waals surface area contributed by atoms with E-state index in [-0.39, 0.29) is 11.9 Å². The van der Waals surface area contributed by atoms with Crippen LogP contribution in [0.2, 0.25) is 0 Å². The van der Waals surface area contributed by atoms with Crippen molar-refractivity contribution in [1.82, 2.24) is 10.2 Å². The van der Waals surface area contributed by atoms with Gasteiger partial charge in [0.2, 0.25) is 0 Å². The quantitative estimate of drug-likeness (QED) is 0.946. The summed E-state index contributed by atoms with van der Waals surface area (Å²) in [5, 5.41) is 3.37. The van der Waals surface area contributed by atoms with Crippen LogP contribution in [0.5, 0.6) is 5.75 Å². The second kappa shape index (κ2) is 6.62. The molecule has 0 bridgehead atoms. The monoisotopic (exact) mass is 296 g/mol. The molecular formula is C18H20N2O2. The lowest BCUT2D eigenvalue weighted by Crippen LogP contribution is -2.48.